The molecule has 1 N–H and O–H groups in total. The fraction of sp³-hybridized carbons (Fsp3) is 0.280. The largest absolute Gasteiger partial charge is 0.381 e. The fourth-order valence-electron chi connectivity index (χ4n) is 3.64. The first-order chi connectivity index (χ1) is 13.8. The Hall–Kier alpha value is -2.62. The van der Waals surface area contributed by atoms with Gasteiger partial charge in [-0.3, -0.25) is 4.90 Å². The maximum absolute atomic E-state index is 3.54. The first-order valence-electron chi connectivity index (χ1n) is 10.1. The van der Waals surface area contributed by atoms with Crippen LogP contribution in [0.4, 0.5) is 5.69 Å². The fourth-order valence-corrected chi connectivity index (χ4v) is 3.64. The summed E-state index contributed by atoms with van der Waals surface area (Å²) in [4.78, 5) is 4.94. The highest BCUT2D eigenvalue weighted by atomic mass is 15.2. The number of nitrogens with one attached hydrogen (secondary N) is 1. The van der Waals surface area contributed by atoms with E-state index in [0.29, 0.717) is 0 Å². The molecule has 0 spiro atoms. The lowest BCUT2D eigenvalue weighted by molar-refractivity contribution is 0.148. The second-order valence-corrected chi connectivity index (χ2v) is 7.69. The Labute approximate surface area is 168 Å². The van der Waals surface area contributed by atoms with Crippen molar-refractivity contribution in [2.75, 3.05) is 38.5 Å². The van der Waals surface area contributed by atoms with Gasteiger partial charge in [-0.15, -0.1) is 0 Å². The minimum Gasteiger partial charge on any atom is -0.381 e. The van der Waals surface area contributed by atoms with Gasteiger partial charge in [0.05, 0.1) is 0 Å². The Morgan fingerprint density at radius 2 is 1.29 bits per heavy atom. The van der Waals surface area contributed by atoms with Crippen LogP contribution in [0.1, 0.15) is 11.1 Å². The number of benzene rings is 3. The first-order valence-corrected chi connectivity index (χ1v) is 10.1. The molecule has 0 aromatic heterocycles. The summed E-state index contributed by atoms with van der Waals surface area (Å²) >= 11 is 0. The van der Waals surface area contributed by atoms with Crippen LogP contribution in [0.3, 0.4) is 0 Å². The topological polar surface area (TPSA) is 18.5 Å². The predicted octanol–water partition coefficient (Wildman–Crippen LogP) is 4.71. The summed E-state index contributed by atoms with van der Waals surface area (Å²) in [5.41, 5.74) is 6.38. The lowest BCUT2D eigenvalue weighted by Gasteiger charge is -2.32. The molecule has 28 heavy (non-hydrogen) atoms. The van der Waals surface area contributed by atoms with Crippen molar-refractivity contribution in [1.82, 2.24) is 9.80 Å². The second-order valence-electron chi connectivity index (χ2n) is 7.69. The van der Waals surface area contributed by atoms with Crippen molar-refractivity contribution in [3.05, 3.63) is 90.0 Å². The molecule has 1 aliphatic heterocycles. The second kappa shape index (κ2) is 9.05. The van der Waals surface area contributed by atoms with E-state index in [1.54, 1.807) is 0 Å². The maximum atomic E-state index is 3.54. The van der Waals surface area contributed by atoms with Crippen molar-refractivity contribution in [3.63, 3.8) is 0 Å². The highest BCUT2D eigenvalue weighted by Crippen LogP contribution is 2.20. The summed E-state index contributed by atoms with van der Waals surface area (Å²) in [6.07, 6.45) is 0. The van der Waals surface area contributed by atoms with Gasteiger partial charge in [0.25, 0.3) is 0 Å². The third-order valence-corrected chi connectivity index (χ3v) is 5.51. The smallest absolute Gasteiger partial charge is 0.0400 e. The normalized spacial score (nSPS) is 15.5. The molecule has 3 aromatic rings. The van der Waals surface area contributed by atoms with Crippen LogP contribution in [0.2, 0.25) is 0 Å². The number of likely N-dealkylation sites (N-methyl/N-ethyl adjacent to an activating group) is 1. The average molecular weight is 372 g/mol. The molecule has 0 atom stereocenters. The molecule has 1 saturated heterocycles. The summed E-state index contributed by atoms with van der Waals surface area (Å²) in [5, 5.41) is 3.54. The van der Waals surface area contributed by atoms with Gasteiger partial charge >= 0.3 is 0 Å². The SMILES string of the molecule is CN1CCN(Cc2ccc(NCc3ccc(-c4ccccc4)cc3)cc2)CC1. The Bertz CT molecular complexity index is 849. The molecular weight excluding hydrogens is 342 g/mol. The van der Waals surface area contributed by atoms with Crippen molar-refractivity contribution in [2.45, 2.75) is 13.1 Å². The average Bonchev–Trinajstić information content (AvgIpc) is 2.76. The summed E-state index contributed by atoms with van der Waals surface area (Å²) in [6, 6.07) is 28.2. The van der Waals surface area contributed by atoms with Crippen molar-refractivity contribution >= 4 is 5.69 Å². The van der Waals surface area contributed by atoms with Crippen LogP contribution < -0.4 is 5.32 Å². The third-order valence-electron chi connectivity index (χ3n) is 5.51. The molecule has 3 aromatic carbocycles. The van der Waals surface area contributed by atoms with Crippen LogP contribution in [0.15, 0.2) is 78.9 Å². The highest BCUT2D eigenvalue weighted by molar-refractivity contribution is 5.63. The quantitative estimate of drug-likeness (QED) is 0.677. The molecule has 1 aliphatic rings. The predicted molar refractivity (Wildman–Crippen MR) is 118 cm³/mol. The van der Waals surface area contributed by atoms with Crippen molar-refractivity contribution < 1.29 is 0 Å². The van der Waals surface area contributed by atoms with Crippen LogP contribution in [-0.4, -0.2) is 43.0 Å². The van der Waals surface area contributed by atoms with E-state index in [9.17, 15) is 0 Å². The highest BCUT2D eigenvalue weighted by Gasteiger charge is 2.13. The molecule has 3 heteroatoms. The van der Waals surface area contributed by atoms with E-state index in [4.69, 9.17) is 0 Å². The number of nitrogens with zero attached hydrogens (tertiary/aromatic N) is 2. The summed E-state index contributed by atoms with van der Waals surface area (Å²) < 4.78 is 0. The Balaban J connectivity index is 1.29. The van der Waals surface area contributed by atoms with E-state index >= 15 is 0 Å². The summed E-state index contributed by atoms with van der Waals surface area (Å²) in [7, 11) is 2.20. The van der Waals surface area contributed by atoms with Gasteiger partial charge in [-0.25, -0.2) is 0 Å². The van der Waals surface area contributed by atoms with Crippen LogP contribution in [0.5, 0.6) is 0 Å². The molecule has 0 radical (unpaired) electrons. The molecule has 0 bridgehead atoms. The number of rotatable bonds is 6. The molecule has 4 rings (SSSR count). The van der Waals surface area contributed by atoms with Gasteiger partial charge in [-0.2, -0.15) is 0 Å². The Kier molecular flexibility index (Phi) is 6.05. The van der Waals surface area contributed by atoms with Gasteiger partial charge in [-0.05, 0) is 41.4 Å². The lowest BCUT2D eigenvalue weighted by Crippen LogP contribution is -2.43. The van der Waals surface area contributed by atoms with E-state index < -0.39 is 0 Å². The molecule has 0 unspecified atom stereocenters. The molecule has 1 heterocycles. The monoisotopic (exact) mass is 371 g/mol. The number of hydrogen-bond acceptors (Lipinski definition) is 3. The van der Waals surface area contributed by atoms with Crippen molar-refractivity contribution in [3.8, 4) is 11.1 Å². The van der Waals surface area contributed by atoms with Crippen LogP contribution in [-0.2, 0) is 13.1 Å². The zero-order valence-electron chi connectivity index (χ0n) is 16.6. The van der Waals surface area contributed by atoms with Gasteiger partial charge in [-0.1, -0.05) is 66.7 Å². The van der Waals surface area contributed by atoms with Crippen molar-refractivity contribution in [2.24, 2.45) is 0 Å². The van der Waals surface area contributed by atoms with Gasteiger partial charge < -0.3 is 10.2 Å². The Morgan fingerprint density at radius 1 is 0.679 bits per heavy atom. The van der Waals surface area contributed by atoms with E-state index in [1.807, 2.05) is 0 Å². The molecule has 144 valence electrons. The molecule has 0 saturated carbocycles. The summed E-state index contributed by atoms with van der Waals surface area (Å²) in [6.45, 7) is 6.55. The van der Waals surface area contributed by atoms with Gasteiger partial charge in [0.1, 0.15) is 0 Å². The molecule has 0 amide bonds. The van der Waals surface area contributed by atoms with Crippen LogP contribution in [0.25, 0.3) is 11.1 Å². The molecule has 0 aliphatic carbocycles. The lowest BCUT2D eigenvalue weighted by atomic mass is 10.0. The van der Waals surface area contributed by atoms with E-state index in [1.165, 1.54) is 41.0 Å². The van der Waals surface area contributed by atoms with E-state index in [-0.39, 0.29) is 0 Å². The molecule has 1 fully saturated rings. The molecule has 3 nitrogen and oxygen atoms in total. The number of hydrogen-bond donors (Lipinski definition) is 1. The van der Waals surface area contributed by atoms with Gasteiger partial charge in [0, 0.05) is 45.0 Å². The van der Waals surface area contributed by atoms with E-state index in [2.05, 4.69) is 101 Å². The Morgan fingerprint density at radius 3 is 1.96 bits per heavy atom. The maximum Gasteiger partial charge on any atom is 0.0400 e. The zero-order chi connectivity index (χ0) is 19.2. The minimum absolute atomic E-state index is 0.840. The number of piperazine rings is 1. The van der Waals surface area contributed by atoms with Crippen LogP contribution in [0, 0.1) is 0 Å². The van der Waals surface area contributed by atoms with E-state index in [0.717, 1.165) is 26.2 Å². The standard InChI is InChI=1S/C25H29N3/c1-27-15-17-28(18-16-27)20-22-9-13-25(14-10-22)26-19-21-7-11-24(12-8-21)23-5-3-2-4-6-23/h2-14,26H,15-20H2,1H3. The van der Waals surface area contributed by atoms with Gasteiger partial charge in [0.2, 0.25) is 0 Å². The first kappa shape index (κ1) is 18.7. The van der Waals surface area contributed by atoms with Crippen molar-refractivity contribution in [1.29, 1.82) is 0 Å². The third kappa shape index (κ3) is 5.00. The van der Waals surface area contributed by atoms with Crippen LogP contribution >= 0.6 is 0 Å². The molecular formula is C25H29N3. The zero-order valence-corrected chi connectivity index (χ0v) is 16.6. The number of anilines is 1. The minimum atomic E-state index is 0.840. The van der Waals surface area contributed by atoms with Gasteiger partial charge in [0.15, 0.2) is 0 Å². The summed E-state index contributed by atoms with van der Waals surface area (Å²) in [5.74, 6) is 0.